The van der Waals surface area contributed by atoms with E-state index in [1.165, 1.54) is 0 Å². The molecule has 7 nitrogen and oxygen atoms in total. The third-order valence-corrected chi connectivity index (χ3v) is 4.32. The zero-order valence-electron chi connectivity index (χ0n) is 13.9. The Kier molecular flexibility index (Phi) is 7.37. The summed E-state index contributed by atoms with van der Waals surface area (Å²) in [5, 5.41) is 7.25. The molecule has 3 rings (SSSR count). The summed E-state index contributed by atoms with van der Waals surface area (Å²) in [5.41, 5.74) is 0.888. The first-order valence-corrected chi connectivity index (χ1v) is 8.66. The number of hydrogen-bond acceptors (Lipinski definition) is 6. The van der Waals surface area contributed by atoms with E-state index in [-0.39, 0.29) is 18.3 Å². The summed E-state index contributed by atoms with van der Waals surface area (Å²) in [6, 6.07) is 7.73. The molecule has 0 atom stereocenters. The van der Waals surface area contributed by atoms with Crippen molar-refractivity contribution in [1.29, 1.82) is 0 Å². The summed E-state index contributed by atoms with van der Waals surface area (Å²) in [4.78, 5) is 20.4. The first-order chi connectivity index (χ1) is 11.6. The Morgan fingerprint density at radius 1 is 1.40 bits per heavy atom. The highest BCUT2D eigenvalue weighted by Crippen LogP contribution is 2.20. The van der Waals surface area contributed by atoms with Gasteiger partial charge in [-0.05, 0) is 19.2 Å². The lowest BCUT2D eigenvalue weighted by Crippen LogP contribution is -2.49. The number of likely N-dealkylation sites (N-methyl/N-ethyl adjacent to an activating group) is 1. The van der Waals surface area contributed by atoms with Crippen LogP contribution in [-0.4, -0.2) is 65.6 Å². The molecular formula is C16H21BrClN5O2. The van der Waals surface area contributed by atoms with Crippen LogP contribution in [0.25, 0.3) is 11.4 Å². The second-order valence-electron chi connectivity index (χ2n) is 5.83. The van der Waals surface area contributed by atoms with Crippen molar-refractivity contribution in [3.8, 4) is 11.4 Å². The zero-order chi connectivity index (χ0) is 16.9. The van der Waals surface area contributed by atoms with Crippen molar-refractivity contribution in [1.82, 2.24) is 25.3 Å². The molecule has 9 heteroatoms. The van der Waals surface area contributed by atoms with Gasteiger partial charge in [0.05, 0.1) is 13.1 Å². The van der Waals surface area contributed by atoms with E-state index in [2.05, 4.69) is 31.4 Å². The molecule has 1 aliphatic heterocycles. The molecule has 1 aromatic carbocycles. The molecule has 1 aromatic heterocycles. The maximum absolute atomic E-state index is 12.2. The molecule has 0 saturated carbocycles. The Morgan fingerprint density at radius 3 is 2.88 bits per heavy atom. The molecule has 0 aliphatic carbocycles. The van der Waals surface area contributed by atoms with Crippen molar-refractivity contribution >= 4 is 34.2 Å². The number of aromatic nitrogens is 2. The molecule has 136 valence electrons. The van der Waals surface area contributed by atoms with E-state index in [1.807, 2.05) is 41.1 Å². The van der Waals surface area contributed by atoms with Crippen molar-refractivity contribution in [2.75, 3.05) is 39.8 Å². The molecule has 1 N–H and O–H groups in total. The predicted octanol–water partition coefficient (Wildman–Crippen LogP) is 1.78. The molecule has 1 saturated heterocycles. The van der Waals surface area contributed by atoms with Crippen molar-refractivity contribution in [3.63, 3.8) is 0 Å². The first kappa shape index (κ1) is 19.8. The van der Waals surface area contributed by atoms with E-state index in [0.717, 1.165) is 36.2 Å². The second kappa shape index (κ2) is 9.28. The fourth-order valence-electron chi connectivity index (χ4n) is 2.60. The number of hydrogen-bond donors (Lipinski definition) is 1. The highest BCUT2D eigenvalue weighted by molar-refractivity contribution is 9.10. The Labute approximate surface area is 161 Å². The summed E-state index contributed by atoms with van der Waals surface area (Å²) in [7, 11) is 1.88. The summed E-state index contributed by atoms with van der Waals surface area (Å²) >= 11 is 3.43. The smallest absolute Gasteiger partial charge is 0.241 e. The molecule has 0 radical (unpaired) electrons. The molecule has 1 fully saturated rings. The van der Waals surface area contributed by atoms with Gasteiger partial charge in [0.2, 0.25) is 17.6 Å². The lowest BCUT2D eigenvalue weighted by molar-refractivity contribution is -0.132. The van der Waals surface area contributed by atoms with E-state index in [9.17, 15) is 4.79 Å². The quantitative estimate of drug-likeness (QED) is 0.779. The number of nitrogens with zero attached hydrogens (tertiary/aromatic N) is 4. The van der Waals surface area contributed by atoms with E-state index in [4.69, 9.17) is 4.52 Å². The minimum absolute atomic E-state index is 0. The van der Waals surface area contributed by atoms with Gasteiger partial charge in [0.1, 0.15) is 0 Å². The number of benzene rings is 1. The van der Waals surface area contributed by atoms with Gasteiger partial charge in [0.15, 0.2) is 0 Å². The van der Waals surface area contributed by atoms with Gasteiger partial charge in [-0.25, -0.2) is 0 Å². The van der Waals surface area contributed by atoms with Gasteiger partial charge in [-0.15, -0.1) is 12.4 Å². The van der Waals surface area contributed by atoms with Crippen LogP contribution in [0, 0.1) is 0 Å². The van der Waals surface area contributed by atoms with E-state index >= 15 is 0 Å². The van der Waals surface area contributed by atoms with Gasteiger partial charge in [-0.3, -0.25) is 9.69 Å². The molecule has 1 aliphatic rings. The molecule has 2 aromatic rings. The number of carbonyl (C=O) groups is 1. The van der Waals surface area contributed by atoms with Crippen LogP contribution >= 0.6 is 28.3 Å². The van der Waals surface area contributed by atoms with Crippen molar-refractivity contribution in [2.45, 2.75) is 6.54 Å². The van der Waals surface area contributed by atoms with Crippen molar-refractivity contribution in [3.05, 3.63) is 34.6 Å². The van der Waals surface area contributed by atoms with Crippen LogP contribution in [0.5, 0.6) is 0 Å². The normalized spacial score (nSPS) is 14.4. The van der Waals surface area contributed by atoms with Crippen LogP contribution in [0.15, 0.2) is 33.3 Å². The Balaban J connectivity index is 0.00000225. The van der Waals surface area contributed by atoms with Gasteiger partial charge in [-0.2, -0.15) is 4.98 Å². The first-order valence-electron chi connectivity index (χ1n) is 7.87. The highest BCUT2D eigenvalue weighted by Gasteiger charge is 2.19. The second-order valence-corrected chi connectivity index (χ2v) is 6.74. The number of halogens is 2. The lowest BCUT2D eigenvalue weighted by Gasteiger charge is -2.28. The van der Waals surface area contributed by atoms with Crippen LogP contribution < -0.4 is 5.32 Å². The minimum atomic E-state index is 0. The average Bonchev–Trinajstić information content (AvgIpc) is 3.04. The van der Waals surface area contributed by atoms with Gasteiger partial charge >= 0.3 is 0 Å². The van der Waals surface area contributed by atoms with Gasteiger partial charge < -0.3 is 14.7 Å². The van der Waals surface area contributed by atoms with E-state index < -0.39 is 0 Å². The lowest BCUT2D eigenvalue weighted by atomic mass is 10.2. The monoisotopic (exact) mass is 429 g/mol. The summed E-state index contributed by atoms with van der Waals surface area (Å²) in [6.45, 7) is 4.03. The average molecular weight is 431 g/mol. The molecule has 1 amide bonds. The van der Waals surface area contributed by atoms with E-state index in [0.29, 0.717) is 24.8 Å². The molecule has 0 bridgehead atoms. The fraction of sp³-hybridized carbons (Fsp3) is 0.438. The van der Waals surface area contributed by atoms with Gasteiger partial charge in [0, 0.05) is 36.2 Å². The molecule has 2 heterocycles. The highest BCUT2D eigenvalue weighted by atomic mass is 79.9. The fourth-order valence-corrected chi connectivity index (χ4v) is 3.00. The molecule has 25 heavy (non-hydrogen) atoms. The Morgan fingerprint density at radius 2 is 2.16 bits per heavy atom. The maximum Gasteiger partial charge on any atom is 0.241 e. The zero-order valence-corrected chi connectivity index (χ0v) is 16.3. The van der Waals surface area contributed by atoms with Crippen LogP contribution in [0.4, 0.5) is 0 Å². The standard InChI is InChI=1S/C16H20BrN5O2.ClH/c1-21(11-15(23)22-7-5-18-6-8-22)10-14-19-16(20-24-14)12-3-2-4-13(17)9-12;/h2-4,9,18H,5-8,10-11H2,1H3;1H. The largest absolute Gasteiger partial charge is 0.339 e. The van der Waals surface area contributed by atoms with Gasteiger partial charge in [0.25, 0.3) is 0 Å². The number of piperazine rings is 1. The molecule has 0 spiro atoms. The Hall–Kier alpha value is -1.48. The number of carbonyl (C=O) groups excluding carboxylic acids is 1. The maximum atomic E-state index is 12.2. The number of nitrogens with one attached hydrogen (secondary N) is 1. The molecular weight excluding hydrogens is 410 g/mol. The number of amides is 1. The SMILES string of the molecule is CN(CC(=O)N1CCNCC1)Cc1nc(-c2cccc(Br)c2)no1.Cl. The summed E-state index contributed by atoms with van der Waals surface area (Å²) in [6.07, 6.45) is 0. The minimum Gasteiger partial charge on any atom is -0.339 e. The summed E-state index contributed by atoms with van der Waals surface area (Å²) in [5.74, 6) is 1.18. The van der Waals surface area contributed by atoms with Crippen LogP contribution in [0.3, 0.4) is 0 Å². The van der Waals surface area contributed by atoms with Crippen LogP contribution in [0.2, 0.25) is 0 Å². The van der Waals surface area contributed by atoms with Crippen molar-refractivity contribution < 1.29 is 9.32 Å². The third-order valence-electron chi connectivity index (χ3n) is 3.83. The van der Waals surface area contributed by atoms with Crippen molar-refractivity contribution in [2.24, 2.45) is 0 Å². The van der Waals surface area contributed by atoms with Crippen LogP contribution in [-0.2, 0) is 11.3 Å². The predicted molar refractivity (Wildman–Crippen MR) is 100 cm³/mol. The van der Waals surface area contributed by atoms with Gasteiger partial charge in [-0.1, -0.05) is 33.2 Å². The third kappa shape index (κ3) is 5.50. The van der Waals surface area contributed by atoms with E-state index in [1.54, 1.807) is 0 Å². The number of rotatable bonds is 5. The summed E-state index contributed by atoms with van der Waals surface area (Å²) < 4.78 is 6.27. The Bertz CT molecular complexity index is 705. The topological polar surface area (TPSA) is 74.5 Å². The molecule has 0 unspecified atom stereocenters. The van der Waals surface area contributed by atoms with Crippen LogP contribution in [0.1, 0.15) is 5.89 Å².